The Bertz CT molecular complexity index is 1370. The van der Waals surface area contributed by atoms with Crippen LogP contribution in [0.15, 0.2) is 83.8 Å². The van der Waals surface area contributed by atoms with Gasteiger partial charge >= 0.3 is 0 Å². The van der Waals surface area contributed by atoms with Crippen LogP contribution in [0, 0.1) is 6.92 Å². The van der Waals surface area contributed by atoms with Gasteiger partial charge in [-0.05, 0) is 61.5 Å². The van der Waals surface area contributed by atoms with E-state index >= 15 is 0 Å². The van der Waals surface area contributed by atoms with E-state index in [4.69, 9.17) is 11.6 Å². The van der Waals surface area contributed by atoms with Crippen molar-refractivity contribution in [1.82, 2.24) is 15.0 Å². The Hall–Kier alpha value is -3.69. The van der Waals surface area contributed by atoms with Gasteiger partial charge in [0, 0.05) is 16.4 Å². The first-order chi connectivity index (χ1) is 15.3. The zero-order valence-corrected chi connectivity index (χ0v) is 18.4. The van der Waals surface area contributed by atoms with E-state index in [0.29, 0.717) is 22.1 Å². The Balaban J connectivity index is 1.53. The Morgan fingerprint density at radius 2 is 1.62 bits per heavy atom. The van der Waals surface area contributed by atoms with Crippen molar-refractivity contribution in [1.29, 1.82) is 0 Å². The third kappa shape index (κ3) is 4.79. The van der Waals surface area contributed by atoms with Crippen molar-refractivity contribution >= 4 is 38.9 Å². The highest BCUT2D eigenvalue weighted by atomic mass is 35.5. The molecular weight excluding hydrogens is 450 g/mol. The maximum atomic E-state index is 12.8. The molecule has 1 aromatic heterocycles. The topological polar surface area (TPSA) is 106 Å². The highest BCUT2D eigenvalue weighted by Gasteiger charge is 2.19. The smallest absolute Gasteiger partial charge is 0.278 e. The van der Waals surface area contributed by atoms with Crippen molar-refractivity contribution in [2.75, 3.05) is 10.0 Å². The molecule has 0 aliphatic heterocycles. The lowest BCUT2D eigenvalue weighted by atomic mass is 10.3. The number of hydrogen-bond donors (Lipinski definition) is 2. The van der Waals surface area contributed by atoms with Crippen LogP contribution in [0.1, 0.15) is 16.2 Å². The van der Waals surface area contributed by atoms with Crippen LogP contribution in [-0.2, 0) is 10.0 Å². The summed E-state index contributed by atoms with van der Waals surface area (Å²) in [5, 5.41) is 11.7. The number of rotatable bonds is 6. The number of hydrogen-bond acceptors (Lipinski definition) is 5. The van der Waals surface area contributed by atoms with Crippen LogP contribution in [0.3, 0.4) is 0 Å². The molecule has 0 aliphatic carbocycles. The Kier molecular flexibility index (Phi) is 5.93. The van der Waals surface area contributed by atoms with Crippen LogP contribution in [0.5, 0.6) is 0 Å². The van der Waals surface area contributed by atoms with Crippen molar-refractivity contribution in [3.05, 3.63) is 95.3 Å². The molecule has 0 unspecified atom stereocenters. The highest BCUT2D eigenvalue weighted by molar-refractivity contribution is 7.92. The number of nitrogens with one attached hydrogen (secondary N) is 2. The van der Waals surface area contributed by atoms with Crippen molar-refractivity contribution in [2.45, 2.75) is 11.8 Å². The van der Waals surface area contributed by atoms with E-state index in [1.165, 1.54) is 16.9 Å². The van der Waals surface area contributed by atoms with E-state index in [1.54, 1.807) is 43.3 Å². The number of para-hydroxylation sites is 1. The second kappa shape index (κ2) is 8.81. The van der Waals surface area contributed by atoms with Crippen LogP contribution in [-0.4, -0.2) is 29.3 Å². The standard InChI is InChI=1S/C22H18ClN5O3S/c1-15-21(26-28(25-15)19-7-3-2-4-8-19)22(29)24-18-6-5-9-20(14-18)32(30,31)27-17-12-10-16(23)11-13-17/h2-14,27H,1H3,(H,24,29). The molecule has 4 rings (SSSR count). The lowest BCUT2D eigenvalue weighted by Crippen LogP contribution is -2.16. The maximum Gasteiger partial charge on any atom is 0.278 e. The first kappa shape index (κ1) is 21.5. The molecule has 4 aromatic rings. The van der Waals surface area contributed by atoms with Crippen LogP contribution in [0.2, 0.25) is 5.02 Å². The zero-order chi connectivity index (χ0) is 22.7. The third-order valence-corrected chi connectivity index (χ3v) is 6.11. The molecule has 32 heavy (non-hydrogen) atoms. The molecule has 0 radical (unpaired) electrons. The SMILES string of the molecule is Cc1nn(-c2ccccc2)nc1C(=O)Nc1cccc(S(=O)(=O)Nc2ccc(Cl)cc2)c1. The number of halogens is 1. The predicted octanol–water partition coefficient (Wildman–Crippen LogP) is 4.28. The van der Waals surface area contributed by atoms with Gasteiger partial charge in [-0.1, -0.05) is 35.9 Å². The van der Waals surface area contributed by atoms with Crippen molar-refractivity contribution in [2.24, 2.45) is 0 Å². The summed E-state index contributed by atoms with van der Waals surface area (Å²) in [6, 6.07) is 21.4. The van der Waals surface area contributed by atoms with Gasteiger partial charge in [0.1, 0.15) is 0 Å². The number of sulfonamides is 1. The summed E-state index contributed by atoms with van der Waals surface area (Å²) in [7, 11) is -3.87. The average molecular weight is 468 g/mol. The maximum absolute atomic E-state index is 12.8. The van der Waals surface area contributed by atoms with Crippen LogP contribution < -0.4 is 10.0 Å². The number of carbonyl (C=O) groups is 1. The fraction of sp³-hybridized carbons (Fsp3) is 0.0455. The van der Waals surface area contributed by atoms with Gasteiger partial charge in [-0.25, -0.2) is 8.42 Å². The first-order valence-corrected chi connectivity index (χ1v) is 11.4. The van der Waals surface area contributed by atoms with E-state index in [-0.39, 0.29) is 10.6 Å². The normalized spacial score (nSPS) is 11.2. The minimum Gasteiger partial charge on any atom is -0.320 e. The second-order valence-corrected chi connectivity index (χ2v) is 8.97. The molecule has 3 aromatic carbocycles. The summed E-state index contributed by atoms with van der Waals surface area (Å²) in [5.74, 6) is -0.495. The van der Waals surface area contributed by atoms with E-state index in [9.17, 15) is 13.2 Å². The predicted molar refractivity (Wildman–Crippen MR) is 123 cm³/mol. The van der Waals surface area contributed by atoms with E-state index < -0.39 is 15.9 Å². The molecule has 1 amide bonds. The molecule has 0 bridgehead atoms. The summed E-state index contributed by atoms with van der Waals surface area (Å²) in [4.78, 5) is 14.1. The number of carbonyl (C=O) groups excluding carboxylic acids is 1. The molecule has 0 saturated heterocycles. The third-order valence-electron chi connectivity index (χ3n) is 4.48. The fourth-order valence-electron chi connectivity index (χ4n) is 2.93. The Morgan fingerprint density at radius 3 is 2.34 bits per heavy atom. The van der Waals surface area contributed by atoms with E-state index in [2.05, 4.69) is 20.2 Å². The molecule has 1 heterocycles. The molecule has 0 spiro atoms. The molecule has 162 valence electrons. The number of aryl methyl sites for hydroxylation is 1. The minimum atomic E-state index is -3.87. The Labute approximate surface area is 189 Å². The number of benzene rings is 3. The largest absolute Gasteiger partial charge is 0.320 e. The van der Waals surface area contributed by atoms with Gasteiger partial charge in [-0.2, -0.15) is 9.90 Å². The van der Waals surface area contributed by atoms with Crippen molar-refractivity contribution in [3.8, 4) is 5.69 Å². The lowest BCUT2D eigenvalue weighted by molar-refractivity contribution is 0.102. The van der Waals surface area contributed by atoms with Crippen molar-refractivity contribution < 1.29 is 13.2 Å². The summed E-state index contributed by atoms with van der Waals surface area (Å²) < 4.78 is 27.9. The summed E-state index contributed by atoms with van der Waals surface area (Å²) in [6.07, 6.45) is 0. The molecular formula is C22H18ClN5O3S. The summed E-state index contributed by atoms with van der Waals surface area (Å²) >= 11 is 5.84. The van der Waals surface area contributed by atoms with E-state index in [1.807, 2.05) is 30.3 Å². The minimum absolute atomic E-state index is 0.00471. The molecule has 8 nitrogen and oxygen atoms in total. The Morgan fingerprint density at radius 1 is 0.906 bits per heavy atom. The molecule has 10 heteroatoms. The summed E-state index contributed by atoms with van der Waals surface area (Å²) in [5.41, 5.74) is 1.98. The second-order valence-electron chi connectivity index (χ2n) is 6.85. The van der Waals surface area contributed by atoms with Crippen LogP contribution in [0.25, 0.3) is 5.69 Å². The quantitative estimate of drug-likeness (QED) is 0.440. The lowest BCUT2D eigenvalue weighted by Gasteiger charge is -2.10. The summed E-state index contributed by atoms with van der Waals surface area (Å²) in [6.45, 7) is 1.68. The van der Waals surface area contributed by atoms with E-state index in [0.717, 1.165) is 5.69 Å². The van der Waals surface area contributed by atoms with Gasteiger partial charge in [0.15, 0.2) is 5.69 Å². The molecule has 0 aliphatic rings. The van der Waals surface area contributed by atoms with Crippen LogP contribution >= 0.6 is 11.6 Å². The fourth-order valence-corrected chi connectivity index (χ4v) is 4.16. The zero-order valence-electron chi connectivity index (χ0n) is 16.9. The van der Waals surface area contributed by atoms with Gasteiger partial charge < -0.3 is 5.32 Å². The molecule has 0 saturated carbocycles. The number of anilines is 2. The molecule has 0 fully saturated rings. The van der Waals surface area contributed by atoms with Crippen LogP contribution in [0.4, 0.5) is 11.4 Å². The van der Waals surface area contributed by atoms with Gasteiger partial charge in [0.05, 0.1) is 16.3 Å². The molecule has 2 N–H and O–H groups in total. The highest BCUT2D eigenvalue weighted by Crippen LogP contribution is 2.21. The van der Waals surface area contributed by atoms with Crippen molar-refractivity contribution in [3.63, 3.8) is 0 Å². The average Bonchev–Trinajstić information content (AvgIpc) is 3.18. The molecule has 0 atom stereocenters. The number of nitrogens with zero attached hydrogens (tertiary/aromatic N) is 3. The number of aromatic nitrogens is 3. The van der Waals surface area contributed by atoms with Gasteiger partial charge in [-0.15, -0.1) is 5.10 Å². The monoisotopic (exact) mass is 467 g/mol. The van der Waals surface area contributed by atoms with Gasteiger partial charge in [0.25, 0.3) is 15.9 Å². The first-order valence-electron chi connectivity index (χ1n) is 9.51. The number of amides is 1. The van der Waals surface area contributed by atoms with Gasteiger partial charge in [0.2, 0.25) is 0 Å². The van der Waals surface area contributed by atoms with Gasteiger partial charge in [-0.3, -0.25) is 9.52 Å².